The van der Waals surface area contributed by atoms with Crippen molar-refractivity contribution < 1.29 is 0 Å². The van der Waals surface area contributed by atoms with Gasteiger partial charge in [-0.2, -0.15) is 0 Å². The number of anilines is 3. The highest BCUT2D eigenvalue weighted by Crippen LogP contribution is 2.66. The summed E-state index contributed by atoms with van der Waals surface area (Å²) in [5.74, 6) is 2.94. The average Bonchev–Trinajstić information content (AvgIpc) is 3.75. The van der Waals surface area contributed by atoms with Gasteiger partial charge in [0.1, 0.15) is 0 Å². The maximum absolute atomic E-state index is 2.58. The van der Waals surface area contributed by atoms with E-state index in [1.807, 2.05) is 0 Å². The van der Waals surface area contributed by atoms with Crippen molar-refractivity contribution in [3.63, 3.8) is 0 Å². The zero-order chi connectivity index (χ0) is 42.5. The fourth-order valence-corrected chi connectivity index (χ4v) is 13.4. The van der Waals surface area contributed by atoms with E-state index in [0.29, 0.717) is 11.8 Å². The third-order valence-electron chi connectivity index (χ3n) is 16.0. The summed E-state index contributed by atoms with van der Waals surface area (Å²) in [4.78, 5) is 2.42. The third kappa shape index (κ3) is 5.89. The van der Waals surface area contributed by atoms with Crippen molar-refractivity contribution in [2.45, 2.75) is 64.2 Å². The third-order valence-corrected chi connectivity index (χ3v) is 16.0. The Bertz CT molecular complexity index is 3010. The molecular weight excluding hydrogens is 759 g/mol. The van der Waals surface area contributed by atoms with Gasteiger partial charge in [-0.1, -0.05) is 179 Å². The second kappa shape index (κ2) is 14.6. The van der Waals surface area contributed by atoms with Crippen molar-refractivity contribution in [3.05, 3.63) is 210 Å². The van der Waals surface area contributed by atoms with Crippen LogP contribution in [0.3, 0.4) is 0 Å². The molecule has 8 aromatic carbocycles. The van der Waals surface area contributed by atoms with Crippen molar-refractivity contribution in [3.8, 4) is 55.6 Å². The predicted molar refractivity (Wildman–Crippen MR) is 265 cm³/mol. The molecule has 0 aliphatic heterocycles. The molecule has 308 valence electrons. The molecule has 4 aliphatic carbocycles. The van der Waals surface area contributed by atoms with E-state index in [2.05, 4.69) is 221 Å². The maximum atomic E-state index is 2.58. The highest BCUT2D eigenvalue weighted by molar-refractivity contribution is 5.90. The predicted octanol–water partition coefficient (Wildman–Crippen LogP) is 16.8. The molecule has 5 atom stereocenters. The molecular formula is C62H55N. The van der Waals surface area contributed by atoms with Crippen LogP contribution >= 0.6 is 0 Å². The summed E-state index contributed by atoms with van der Waals surface area (Å²) in [5, 5.41) is 0. The van der Waals surface area contributed by atoms with Crippen LogP contribution in [0.2, 0.25) is 0 Å². The quantitative estimate of drug-likeness (QED) is 0.162. The summed E-state index contributed by atoms with van der Waals surface area (Å²) in [7, 11) is 0. The van der Waals surface area contributed by atoms with Crippen LogP contribution in [0.25, 0.3) is 55.6 Å². The Balaban J connectivity index is 0.904. The second-order valence-corrected chi connectivity index (χ2v) is 19.9. The zero-order valence-corrected chi connectivity index (χ0v) is 37.0. The Morgan fingerprint density at radius 2 is 0.905 bits per heavy atom. The lowest BCUT2D eigenvalue weighted by Gasteiger charge is -2.54. The normalized spacial score (nSPS) is 22.2. The van der Waals surface area contributed by atoms with E-state index in [1.54, 1.807) is 11.1 Å². The van der Waals surface area contributed by atoms with Crippen LogP contribution in [0.5, 0.6) is 0 Å². The summed E-state index contributed by atoms with van der Waals surface area (Å²) in [6.07, 6.45) is 5.41. The standard InChI is InChI=1S/C62H55N/c1-40-35-42-37-41(2)62(48(36-40)38-42)58-20-11-9-16-54(58)56-18-12-17-52(60(56)62)47-23-21-44(22-24-47)46-27-31-50(32-28-46)63(49-29-25-45(26-30-49)43-13-6-5-7-14-43)51-33-34-55-53-15-8-10-19-57(53)61(3,4)59(55)39-51/h5-34,39-42,48H,35-38H2,1-4H3. The van der Waals surface area contributed by atoms with Crippen molar-refractivity contribution in [2.24, 2.45) is 23.7 Å². The maximum Gasteiger partial charge on any atom is 0.0465 e. The minimum atomic E-state index is -0.0860. The average molecular weight is 814 g/mol. The first kappa shape index (κ1) is 38.3. The van der Waals surface area contributed by atoms with Gasteiger partial charge in [-0.3, -0.25) is 0 Å². The molecule has 1 nitrogen and oxygen atoms in total. The minimum absolute atomic E-state index is 0.0640. The molecule has 0 aromatic heterocycles. The largest absolute Gasteiger partial charge is 0.310 e. The summed E-state index contributed by atoms with van der Waals surface area (Å²) >= 11 is 0. The van der Waals surface area contributed by atoms with Crippen LogP contribution in [-0.4, -0.2) is 0 Å². The number of hydrogen-bond donors (Lipinski definition) is 0. The topological polar surface area (TPSA) is 3.24 Å². The van der Waals surface area contributed by atoms with Gasteiger partial charge in [0, 0.05) is 27.9 Å². The lowest BCUT2D eigenvalue weighted by atomic mass is 9.49. The summed E-state index contributed by atoms with van der Waals surface area (Å²) in [6, 6.07) is 70.9. The number of nitrogens with zero attached hydrogens (tertiary/aromatic N) is 1. The second-order valence-electron chi connectivity index (χ2n) is 19.9. The van der Waals surface area contributed by atoms with E-state index in [-0.39, 0.29) is 10.8 Å². The number of rotatable bonds is 6. The van der Waals surface area contributed by atoms with E-state index in [0.717, 1.165) is 23.2 Å². The fourth-order valence-electron chi connectivity index (χ4n) is 13.4. The van der Waals surface area contributed by atoms with Crippen molar-refractivity contribution in [1.82, 2.24) is 0 Å². The van der Waals surface area contributed by atoms with Gasteiger partial charge in [-0.25, -0.2) is 0 Å². The lowest BCUT2D eigenvalue weighted by molar-refractivity contribution is 0.0429. The summed E-state index contributed by atoms with van der Waals surface area (Å²) in [6.45, 7) is 9.82. The molecule has 5 unspecified atom stereocenters. The van der Waals surface area contributed by atoms with E-state index in [1.165, 1.54) is 98.1 Å². The van der Waals surface area contributed by atoms with Gasteiger partial charge in [-0.15, -0.1) is 0 Å². The Labute approximate surface area is 374 Å². The molecule has 0 heterocycles. The first-order valence-corrected chi connectivity index (χ1v) is 23.4. The van der Waals surface area contributed by atoms with E-state index in [4.69, 9.17) is 0 Å². The monoisotopic (exact) mass is 813 g/mol. The van der Waals surface area contributed by atoms with Gasteiger partial charge < -0.3 is 4.90 Å². The number of hydrogen-bond acceptors (Lipinski definition) is 1. The molecule has 0 radical (unpaired) electrons. The summed E-state index contributed by atoms with van der Waals surface area (Å²) < 4.78 is 0. The Kier molecular flexibility index (Phi) is 8.84. The fraction of sp³-hybridized carbons (Fsp3) is 0.226. The molecule has 63 heavy (non-hydrogen) atoms. The van der Waals surface area contributed by atoms with Crippen LogP contribution in [0.15, 0.2) is 188 Å². The minimum Gasteiger partial charge on any atom is -0.310 e. The van der Waals surface area contributed by atoms with Gasteiger partial charge in [-0.05, 0) is 164 Å². The van der Waals surface area contributed by atoms with Crippen molar-refractivity contribution >= 4 is 17.1 Å². The first-order chi connectivity index (χ1) is 30.8. The molecule has 4 aliphatic rings. The molecule has 1 spiro atoms. The van der Waals surface area contributed by atoms with Crippen LogP contribution in [0.1, 0.15) is 75.6 Å². The van der Waals surface area contributed by atoms with Crippen LogP contribution in [0.4, 0.5) is 17.1 Å². The van der Waals surface area contributed by atoms with Gasteiger partial charge in [0.15, 0.2) is 0 Å². The SMILES string of the molecule is CC1CC2CC(C)C3(c4ccccc4-c4cccc(-c5ccc(-c6ccc(N(c7ccc(-c8ccccc8)cc7)c7ccc8c(c7)C(C)(C)c7ccccc7-8)cc6)cc5)c43)C(C1)C2. The van der Waals surface area contributed by atoms with Crippen LogP contribution < -0.4 is 4.90 Å². The molecule has 0 saturated heterocycles. The molecule has 2 saturated carbocycles. The molecule has 8 aromatic rings. The van der Waals surface area contributed by atoms with Crippen molar-refractivity contribution in [2.75, 3.05) is 4.90 Å². The van der Waals surface area contributed by atoms with E-state index in [9.17, 15) is 0 Å². The van der Waals surface area contributed by atoms with Gasteiger partial charge in [0.05, 0.1) is 0 Å². The van der Waals surface area contributed by atoms with E-state index >= 15 is 0 Å². The smallest absolute Gasteiger partial charge is 0.0465 e. The molecule has 12 rings (SSSR count). The van der Waals surface area contributed by atoms with E-state index < -0.39 is 0 Å². The summed E-state index contributed by atoms with van der Waals surface area (Å²) in [5.41, 5.74) is 22.6. The number of fused-ring (bicyclic) bond motifs is 11. The van der Waals surface area contributed by atoms with Crippen LogP contribution in [-0.2, 0) is 10.8 Å². The highest BCUT2D eigenvalue weighted by atomic mass is 15.1. The Morgan fingerprint density at radius 3 is 1.59 bits per heavy atom. The molecule has 2 fully saturated rings. The lowest BCUT2D eigenvalue weighted by Crippen LogP contribution is -2.49. The molecule has 0 N–H and O–H groups in total. The zero-order valence-electron chi connectivity index (χ0n) is 37.0. The number of benzene rings is 8. The first-order valence-electron chi connectivity index (χ1n) is 23.4. The Morgan fingerprint density at radius 1 is 0.397 bits per heavy atom. The van der Waals surface area contributed by atoms with Gasteiger partial charge >= 0.3 is 0 Å². The molecule has 0 amide bonds. The molecule has 1 heteroatoms. The molecule has 2 bridgehead atoms. The van der Waals surface area contributed by atoms with Gasteiger partial charge in [0.25, 0.3) is 0 Å². The highest BCUT2D eigenvalue weighted by Gasteiger charge is 2.57. The Hall–Kier alpha value is -6.44. The van der Waals surface area contributed by atoms with Crippen molar-refractivity contribution in [1.29, 1.82) is 0 Å². The van der Waals surface area contributed by atoms with Crippen LogP contribution in [0, 0.1) is 23.7 Å². The van der Waals surface area contributed by atoms with Gasteiger partial charge in [0.2, 0.25) is 0 Å².